The van der Waals surface area contributed by atoms with Crippen LogP contribution in [0.15, 0.2) is 42.5 Å². The van der Waals surface area contributed by atoms with Crippen molar-refractivity contribution in [2.75, 3.05) is 11.9 Å². The van der Waals surface area contributed by atoms with E-state index in [0.717, 1.165) is 28.0 Å². The van der Waals surface area contributed by atoms with Crippen LogP contribution in [0.25, 0.3) is 21.5 Å². The molecular formula is C21H20N4O3S. The fraction of sp³-hybridized carbons (Fsp3) is 0.190. The van der Waals surface area contributed by atoms with E-state index in [1.807, 2.05) is 44.2 Å². The Morgan fingerprint density at radius 1 is 1.21 bits per heavy atom. The second-order valence-electron chi connectivity index (χ2n) is 6.41. The number of nitrogens with one attached hydrogen (secondary N) is 2. The van der Waals surface area contributed by atoms with Gasteiger partial charge in [0, 0.05) is 5.56 Å². The molecule has 0 spiro atoms. The number of rotatable bonds is 6. The van der Waals surface area contributed by atoms with Gasteiger partial charge >= 0.3 is 0 Å². The SMILES string of the molecule is CCOc1ccc2nc(NC(=O)c3cc(-c4cc(CC)ccc4O)n[nH]3)sc2c1. The van der Waals surface area contributed by atoms with Gasteiger partial charge in [0.1, 0.15) is 17.2 Å². The van der Waals surface area contributed by atoms with Crippen LogP contribution in [0.5, 0.6) is 11.5 Å². The molecule has 29 heavy (non-hydrogen) atoms. The van der Waals surface area contributed by atoms with Crippen LogP contribution in [0, 0.1) is 0 Å². The van der Waals surface area contributed by atoms with Gasteiger partial charge in [0.05, 0.1) is 22.5 Å². The number of hydrogen-bond acceptors (Lipinski definition) is 6. The summed E-state index contributed by atoms with van der Waals surface area (Å²) in [6.07, 6.45) is 0.841. The number of aryl methyl sites for hydroxylation is 1. The maximum absolute atomic E-state index is 12.6. The zero-order valence-electron chi connectivity index (χ0n) is 16.0. The number of anilines is 1. The van der Waals surface area contributed by atoms with Gasteiger partial charge < -0.3 is 9.84 Å². The van der Waals surface area contributed by atoms with Gasteiger partial charge in [-0.05, 0) is 55.3 Å². The minimum atomic E-state index is -0.348. The lowest BCUT2D eigenvalue weighted by atomic mass is 10.1. The average Bonchev–Trinajstić information content (AvgIpc) is 3.35. The molecule has 0 atom stereocenters. The molecule has 0 saturated carbocycles. The maximum atomic E-state index is 12.6. The molecule has 2 aromatic carbocycles. The molecule has 1 amide bonds. The number of phenolic OH excluding ortho intramolecular Hbond substituents is 1. The van der Waals surface area contributed by atoms with Crippen LogP contribution in [0.1, 0.15) is 29.9 Å². The van der Waals surface area contributed by atoms with Gasteiger partial charge in [0.15, 0.2) is 5.13 Å². The highest BCUT2D eigenvalue weighted by Gasteiger charge is 2.16. The molecule has 0 unspecified atom stereocenters. The van der Waals surface area contributed by atoms with E-state index in [1.54, 1.807) is 12.1 Å². The summed E-state index contributed by atoms with van der Waals surface area (Å²) in [6, 6.07) is 12.6. The number of amides is 1. The Morgan fingerprint density at radius 3 is 2.86 bits per heavy atom. The molecule has 0 fully saturated rings. The number of H-pyrrole nitrogens is 1. The fourth-order valence-electron chi connectivity index (χ4n) is 2.96. The lowest BCUT2D eigenvalue weighted by molar-refractivity contribution is 0.102. The van der Waals surface area contributed by atoms with Gasteiger partial charge in [-0.3, -0.25) is 15.2 Å². The summed E-state index contributed by atoms with van der Waals surface area (Å²) in [5.41, 5.74) is 3.25. The summed E-state index contributed by atoms with van der Waals surface area (Å²) in [4.78, 5) is 17.0. The smallest absolute Gasteiger partial charge is 0.275 e. The summed E-state index contributed by atoms with van der Waals surface area (Å²) in [5.74, 6) is 0.546. The van der Waals surface area contributed by atoms with Gasteiger partial charge in [0.25, 0.3) is 5.91 Å². The number of nitrogens with zero attached hydrogens (tertiary/aromatic N) is 2. The number of benzene rings is 2. The highest BCUT2D eigenvalue weighted by Crippen LogP contribution is 2.31. The molecule has 8 heteroatoms. The molecule has 3 N–H and O–H groups in total. The number of aromatic hydroxyl groups is 1. The number of phenols is 1. The Labute approximate surface area is 171 Å². The molecule has 7 nitrogen and oxygen atoms in total. The predicted molar refractivity (Wildman–Crippen MR) is 114 cm³/mol. The Kier molecular flexibility index (Phi) is 5.18. The molecule has 0 aliphatic heterocycles. The third-order valence-corrected chi connectivity index (χ3v) is 5.39. The van der Waals surface area contributed by atoms with Crippen LogP contribution < -0.4 is 10.1 Å². The minimum absolute atomic E-state index is 0.122. The van der Waals surface area contributed by atoms with E-state index in [4.69, 9.17) is 4.74 Å². The molecule has 0 aliphatic rings. The first kappa shape index (κ1) is 18.9. The second kappa shape index (κ2) is 7.92. The average molecular weight is 408 g/mol. The van der Waals surface area contributed by atoms with Crippen LogP contribution in [-0.2, 0) is 6.42 Å². The largest absolute Gasteiger partial charge is 0.507 e. The van der Waals surface area contributed by atoms with Crippen molar-refractivity contribution in [1.29, 1.82) is 0 Å². The van der Waals surface area contributed by atoms with E-state index < -0.39 is 0 Å². The Morgan fingerprint density at radius 2 is 2.07 bits per heavy atom. The third kappa shape index (κ3) is 3.93. The Balaban J connectivity index is 1.54. The normalized spacial score (nSPS) is 11.0. The Bertz CT molecular complexity index is 1180. The van der Waals surface area contributed by atoms with Crippen LogP contribution >= 0.6 is 11.3 Å². The standard InChI is InChI=1S/C21H20N4O3S/c1-3-12-5-8-18(26)14(9-12)16-11-17(25-24-16)20(27)23-21-22-15-7-6-13(28-4-2)10-19(15)29-21/h5-11,26H,3-4H2,1-2H3,(H,24,25)(H,22,23,27). The van der Waals surface area contributed by atoms with E-state index >= 15 is 0 Å². The summed E-state index contributed by atoms with van der Waals surface area (Å²) < 4.78 is 6.43. The molecule has 0 bridgehead atoms. The third-order valence-electron chi connectivity index (χ3n) is 4.46. The van der Waals surface area contributed by atoms with Crippen molar-refractivity contribution in [3.8, 4) is 22.8 Å². The number of carbonyl (C=O) groups is 1. The molecule has 2 aromatic heterocycles. The minimum Gasteiger partial charge on any atom is -0.507 e. The molecule has 4 aromatic rings. The second-order valence-corrected chi connectivity index (χ2v) is 7.44. The number of carbonyl (C=O) groups excluding carboxylic acids is 1. The van der Waals surface area contributed by atoms with Crippen molar-refractivity contribution in [2.45, 2.75) is 20.3 Å². The summed E-state index contributed by atoms with van der Waals surface area (Å²) in [7, 11) is 0. The maximum Gasteiger partial charge on any atom is 0.275 e. The molecule has 4 rings (SSSR count). The van der Waals surface area contributed by atoms with Crippen molar-refractivity contribution in [3.63, 3.8) is 0 Å². The van der Waals surface area contributed by atoms with Crippen LogP contribution in [0.2, 0.25) is 0 Å². The molecule has 0 radical (unpaired) electrons. The first-order valence-electron chi connectivity index (χ1n) is 9.29. The van der Waals surface area contributed by atoms with Gasteiger partial charge in [-0.1, -0.05) is 24.3 Å². The van der Waals surface area contributed by atoms with Gasteiger partial charge in [0.2, 0.25) is 0 Å². The number of hydrogen-bond donors (Lipinski definition) is 3. The van der Waals surface area contributed by atoms with Crippen molar-refractivity contribution in [3.05, 3.63) is 53.7 Å². The lowest BCUT2D eigenvalue weighted by Crippen LogP contribution is -2.11. The van der Waals surface area contributed by atoms with Crippen LogP contribution in [0.4, 0.5) is 5.13 Å². The quantitative estimate of drug-likeness (QED) is 0.433. The van der Waals surface area contributed by atoms with E-state index in [9.17, 15) is 9.90 Å². The zero-order valence-corrected chi connectivity index (χ0v) is 16.8. The van der Waals surface area contributed by atoms with Crippen molar-refractivity contribution in [2.24, 2.45) is 0 Å². The van der Waals surface area contributed by atoms with Crippen molar-refractivity contribution in [1.82, 2.24) is 15.2 Å². The highest BCUT2D eigenvalue weighted by atomic mass is 32.1. The van der Waals surface area contributed by atoms with Crippen LogP contribution in [0.3, 0.4) is 0 Å². The van der Waals surface area contributed by atoms with E-state index in [2.05, 4.69) is 20.5 Å². The molecule has 0 aliphatic carbocycles. The molecule has 0 saturated heterocycles. The first-order valence-corrected chi connectivity index (χ1v) is 10.1. The van der Waals surface area contributed by atoms with Gasteiger partial charge in [-0.25, -0.2) is 4.98 Å². The summed E-state index contributed by atoms with van der Waals surface area (Å²) in [5, 5.41) is 20.3. The molecular weight excluding hydrogens is 388 g/mol. The van der Waals surface area contributed by atoms with E-state index in [1.165, 1.54) is 11.3 Å². The van der Waals surface area contributed by atoms with E-state index in [-0.39, 0.29) is 17.4 Å². The summed E-state index contributed by atoms with van der Waals surface area (Å²) >= 11 is 1.37. The lowest BCUT2D eigenvalue weighted by Gasteiger charge is -2.03. The molecule has 148 valence electrons. The van der Waals surface area contributed by atoms with Crippen molar-refractivity contribution >= 4 is 32.6 Å². The summed E-state index contributed by atoms with van der Waals surface area (Å²) in [6.45, 7) is 4.56. The Hall–Kier alpha value is -3.39. The van der Waals surface area contributed by atoms with Gasteiger partial charge in [-0.2, -0.15) is 5.10 Å². The number of ether oxygens (including phenoxy) is 1. The monoisotopic (exact) mass is 408 g/mol. The fourth-order valence-corrected chi connectivity index (χ4v) is 3.85. The number of fused-ring (bicyclic) bond motifs is 1. The van der Waals surface area contributed by atoms with E-state index in [0.29, 0.717) is 23.0 Å². The highest BCUT2D eigenvalue weighted by molar-refractivity contribution is 7.22. The topological polar surface area (TPSA) is 100 Å². The molecule has 2 heterocycles. The van der Waals surface area contributed by atoms with Gasteiger partial charge in [-0.15, -0.1) is 0 Å². The van der Waals surface area contributed by atoms with Crippen LogP contribution in [-0.4, -0.2) is 32.8 Å². The predicted octanol–water partition coefficient (Wildman–Crippen LogP) is 4.61. The number of thiazole rings is 1. The zero-order chi connectivity index (χ0) is 20.4. The first-order chi connectivity index (χ1) is 14.1. The van der Waals surface area contributed by atoms with Crippen molar-refractivity contribution < 1.29 is 14.6 Å². The number of aromatic nitrogens is 3. The number of aromatic amines is 1.